The van der Waals surface area contributed by atoms with E-state index in [-0.39, 0.29) is 5.82 Å². The van der Waals surface area contributed by atoms with Crippen LogP contribution in [0.25, 0.3) is 0 Å². The van der Waals surface area contributed by atoms with Gasteiger partial charge in [0.15, 0.2) is 0 Å². The summed E-state index contributed by atoms with van der Waals surface area (Å²) in [6.45, 7) is 0.810. The highest BCUT2D eigenvalue weighted by atomic mass is 19.1. The average molecular weight is 257 g/mol. The molecule has 0 spiro atoms. The Morgan fingerprint density at radius 3 is 2.58 bits per heavy atom. The Labute approximate surface area is 111 Å². The van der Waals surface area contributed by atoms with E-state index in [0.29, 0.717) is 23.9 Å². The highest BCUT2D eigenvalue weighted by Crippen LogP contribution is 2.19. The van der Waals surface area contributed by atoms with E-state index in [1.165, 1.54) is 18.9 Å². The quantitative estimate of drug-likeness (QED) is 0.894. The fraction of sp³-hybridized carbons (Fsp3) is 0.333. The van der Waals surface area contributed by atoms with Crippen molar-refractivity contribution in [2.45, 2.75) is 31.8 Å². The van der Waals surface area contributed by atoms with Crippen molar-refractivity contribution in [1.29, 1.82) is 0 Å². The molecule has 1 saturated carbocycles. The van der Waals surface area contributed by atoms with Crippen LogP contribution in [-0.4, -0.2) is 16.0 Å². The van der Waals surface area contributed by atoms with Crippen molar-refractivity contribution in [3.63, 3.8) is 0 Å². The van der Waals surface area contributed by atoms with E-state index in [1.54, 1.807) is 12.1 Å². The first-order chi connectivity index (χ1) is 9.31. The molecular formula is C15H16FN3. The summed E-state index contributed by atoms with van der Waals surface area (Å²) in [6, 6.07) is 7.42. The number of benzene rings is 1. The Balaban J connectivity index is 1.63. The molecule has 0 atom stereocenters. The lowest BCUT2D eigenvalue weighted by atomic mass is 10.1. The minimum Gasteiger partial charge on any atom is -0.310 e. The second-order valence-corrected chi connectivity index (χ2v) is 4.93. The van der Waals surface area contributed by atoms with Crippen LogP contribution in [0.5, 0.6) is 0 Å². The largest absolute Gasteiger partial charge is 0.310 e. The van der Waals surface area contributed by atoms with Gasteiger partial charge in [-0.05, 0) is 24.5 Å². The molecule has 1 aromatic heterocycles. The van der Waals surface area contributed by atoms with Gasteiger partial charge in [0.25, 0.3) is 0 Å². The van der Waals surface area contributed by atoms with Gasteiger partial charge in [0.1, 0.15) is 11.6 Å². The first-order valence-corrected chi connectivity index (χ1v) is 6.58. The lowest BCUT2D eigenvalue weighted by molar-refractivity contribution is 0.612. The Hall–Kier alpha value is -1.81. The zero-order valence-corrected chi connectivity index (χ0v) is 10.6. The molecule has 1 aliphatic carbocycles. The van der Waals surface area contributed by atoms with Gasteiger partial charge in [-0.2, -0.15) is 0 Å². The van der Waals surface area contributed by atoms with Crippen LogP contribution in [0, 0.1) is 5.82 Å². The van der Waals surface area contributed by atoms with Crippen molar-refractivity contribution in [3.8, 4) is 0 Å². The normalized spacial score (nSPS) is 14.6. The Morgan fingerprint density at radius 2 is 1.89 bits per heavy atom. The number of hydrogen-bond acceptors (Lipinski definition) is 3. The highest BCUT2D eigenvalue weighted by molar-refractivity contribution is 5.21. The van der Waals surface area contributed by atoms with Crippen LogP contribution >= 0.6 is 0 Å². The van der Waals surface area contributed by atoms with E-state index < -0.39 is 0 Å². The topological polar surface area (TPSA) is 37.8 Å². The molecule has 3 nitrogen and oxygen atoms in total. The van der Waals surface area contributed by atoms with Crippen LogP contribution < -0.4 is 5.32 Å². The van der Waals surface area contributed by atoms with Crippen LogP contribution in [-0.2, 0) is 13.0 Å². The van der Waals surface area contributed by atoms with E-state index in [2.05, 4.69) is 15.3 Å². The minimum atomic E-state index is -0.203. The molecule has 1 heterocycles. The molecule has 19 heavy (non-hydrogen) atoms. The lowest BCUT2D eigenvalue weighted by Crippen LogP contribution is -2.15. The third-order valence-corrected chi connectivity index (χ3v) is 3.24. The summed E-state index contributed by atoms with van der Waals surface area (Å²) >= 11 is 0. The molecule has 0 unspecified atom stereocenters. The highest BCUT2D eigenvalue weighted by Gasteiger charge is 2.19. The smallest absolute Gasteiger partial charge is 0.132 e. The third-order valence-electron chi connectivity index (χ3n) is 3.24. The standard InChI is InChI=1S/C15H16FN3/c16-14-4-2-1-3-12(14)7-15-18-9-11(10-19-15)8-17-13-5-6-13/h1-4,9-10,13,17H,5-8H2. The van der Waals surface area contributed by atoms with E-state index in [0.717, 1.165) is 12.1 Å². The van der Waals surface area contributed by atoms with Crippen molar-refractivity contribution >= 4 is 0 Å². The van der Waals surface area contributed by atoms with Gasteiger partial charge in [0.2, 0.25) is 0 Å². The molecule has 0 saturated heterocycles. The summed E-state index contributed by atoms with van der Waals surface area (Å²) < 4.78 is 13.5. The molecule has 98 valence electrons. The number of halogens is 1. The van der Waals surface area contributed by atoms with Gasteiger partial charge in [-0.1, -0.05) is 18.2 Å². The number of nitrogens with one attached hydrogen (secondary N) is 1. The molecule has 4 heteroatoms. The molecule has 3 rings (SSSR count). The second-order valence-electron chi connectivity index (χ2n) is 4.93. The van der Waals surface area contributed by atoms with E-state index in [9.17, 15) is 4.39 Å². The Kier molecular flexibility index (Phi) is 3.51. The van der Waals surface area contributed by atoms with Gasteiger partial charge in [-0.15, -0.1) is 0 Å². The van der Waals surface area contributed by atoms with Crippen molar-refractivity contribution in [1.82, 2.24) is 15.3 Å². The number of rotatable bonds is 5. The predicted octanol–water partition coefficient (Wildman–Crippen LogP) is 2.46. The SMILES string of the molecule is Fc1ccccc1Cc1ncc(CNC2CC2)cn1. The molecule has 0 bridgehead atoms. The average Bonchev–Trinajstić information content (AvgIpc) is 3.25. The summed E-state index contributed by atoms with van der Waals surface area (Å²) in [5, 5.41) is 3.41. The first kappa shape index (κ1) is 12.2. The van der Waals surface area contributed by atoms with E-state index in [1.807, 2.05) is 18.5 Å². The molecule has 0 radical (unpaired) electrons. The fourth-order valence-corrected chi connectivity index (χ4v) is 1.93. The zero-order chi connectivity index (χ0) is 13.1. The minimum absolute atomic E-state index is 0.203. The van der Waals surface area contributed by atoms with Crippen molar-refractivity contribution in [2.75, 3.05) is 0 Å². The number of hydrogen-bond donors (Lipinski definition) is 1. The van der Waals surface area contributed by atoms with Crippen LogP contribution in [0.3, 0.4) is 0 Å². The molecule has 0 amide bonds. The van der Waals surface area contributed by atoms with Gasteiger partial charge in [-0.3, -0.25) is 0 Å². The van der Waals surface area contributed by atoms with E-state index >= 15 is 0 Å². The Morgan fingerprint density at radius 1 is 1.16 bits per heavy atom. The molecule has 1 aliphatic rings. The van der Waals surface area contributed by atoms with Crippen LogP contribution in [0.2, 0.25) is 0 Å². The van der Waals surface area contributed by atoms with Crippen LogP contribution in [0.15, 0.2) is 36.7 Å². The van der Waals surface area contributed by atoms with Gasteiger partial charge >= 0.3 is 0 Å². The van der Waals surface area contributed by atoms with Crippen LogP contribution in [0.1, 0.15) is 29.8 Å². The second kappa shape index (κ2) is 5.45. The molecule has 1 fully saturated rings. The van der Waals surface area contributed by atoms with Gasteiger partial charge in [-0.25, -0.2) is 14.4 Å². The molecular weight excluding hydrogens is 241 g/mol. The van der Waals surface area contributed by atoms with Gasteiger partial charge in [0, 0.05) is 37.0 Å². The maximum atomic E-state index is 13.5. The van der Waals surface area contributed by atoms with Crippen LogP contribution in [0.4, 0.5) is 4.39 Å². The maximum Gasteiger partial charge on any atom is 0.132 e. The molecule has 1 aromatic carbocycles. The fourth-order valence-electron chi connectivity index (χ4n) is 1.93. The Bertz CT molecular complexity index is 550. The van der Waals surface area contributed by atoms with E-state index in [4.69, 9.17) is 0 Å². The molecule has 0 aliphatic heterocycles. The summed E-state index contributed by atoms with van der Waals surface area (Å²) in [5.74, 6) is 0.450. The summed E-state index contributed by atoms with van der Waals surface area (Å²) in [7, 11) is 0. The first-order valence-electron chi connectivity index (χ1n) is 6.58. The van der Waals surface area contributed by atoms with Crippen molar-refractivity contribution in [3.05, 3.63) is 59.4 Å². The summed E-state index contributed by atoms with van der Waals surface area (Å²) in [4.78, 5) is 8.59. The predicted molar refractivity (Wildman–Crippen MR) is 71.1 cm³/mol. The number of aromatic nitrogens is 2. The monoisotopic (exact) mass is 257 g/mol. The van der Waals surface area contributed by atoms with Gasteiger partial charge in [0.05, 0.1) is 0 Å². The zero-order valence-electron chi connectivity index (χ0n) is 10.6. The lowest BCUT2D eigenvalue weighted by Gasteiger charge is -2.04. The third kappa shape index (κ3) is 3.35. The van der Waals surface area contributed by atoms with Crippen molar-refractivity contribution < 1.29 is 4.39 Å². The maximum absolute atomic E-state index is 13.5. The van der Waals surface area contributed by atoms with Crippen molar-refractivity contribution in [2.24, 2.45) is 0 Å². The molecule has 2 aromatic rings. The summed E-state index contributed by atoms with van der Waals surface area (Å²) in [6.07, 6.45) is 6.61. The summed E-state index contributed by atoms with van der Waals surface area (Å²) in [5.41, 5.74) is 1.70. The molecule has 1 N–H and O–H groups in total. The van der Waals surface area contributed by atoms with Gasteiger partial charge < -0.3 is 5.32 Å². The number of nitrogens with zero attached hydrogens (tertiary/aromatic N) is 2.